The molecule has 0 saturated carbocycles. The van der Waals surface area contributed by atoms with Crippen LogP contribution in [0, 0.1) is 0 Å². The van der Waals surface area contributed by atoms with Crippen molar-refractivity contribution in [2.24, 2.45) is 0 Å². The van der Waals surface area contributed by atoms with Crippen molar-refractivity contribution < 1.29 is 5.11 Å². The summed E-state index contributed by atoms with van der Waals surface area (Å²) in [6, 6.07) is 1.64. The van der Waals surface area contributed by atoms with Crippen LogP contribution in [0.15, 0.2) is 12.3 Å². The summed E-state index contributed by atoms with van der Waals surface area (Å²) in [6.45, 7) is 0.565. The third kappa shape index (κ3) is 2.47. The van der Waals surface area contributed by atoms with Gasteiger partial charge >= 0.3 is 0 Å². The van der Waals surface area contributed by atoms with Gasteiger partial charge in [0.2, 0.25) is 0 Å². The third-order valence-electron chi connectivity index (χ3n) is 1.64. The minimum atomic E-state index is 0.0683. The van der Waals surface area contributed by atoms with Crippen molar-refractivity contribution in [3.8, 4) is 0 Å². The van der Waals surface area contributed by atoms with Crippen LogP contribution in [0.5, 0.6) is 0 Å². The number of nitrogens with zero attached hydrogens (tertiary/aromatic N) is 2. The highest BCUT2D eigenvalue weighted by Gasteiger charge is 2.06. The van der Waals surface area contributed by atoms with Crippen molar-refractivity contribution in [1.82, 2.24) is 4.98 Å². The lowest BCUT2D eigenvalue weighted by Crippen LogP contribution is -2.22. The third-order valence-corrected chi connectivity index (χ3v) is 1.92. The molecular weight excluding hydrogens is 190 g/mol. The first-order chi connectivity index (χ1) is 6.15. The molecule has 0 unspecified atom stereocenters. The van der Waals surface area contributed by atoms with Crippen molar-refractivity contribution in [3.63, 3.8) is 0 Å². The Balaban J connectivity index is 2.88. The topological polar surface area (TPSA) is 62.4 Å². The molecule has 0 fully saturated rings. The quantitative estimate of drug-likeness (QED) is 0.758. The Hall–Kier alpha value is -1.00. The summed E-state index contributed by atoms with van der Waals surface area (Å²) in [7, 11) is 1.81. The largest absolute Gasteiger partial charge is 0.397 e. The number of nitrogen functional groups attached to an aromatic ring is 1. The first-order valence-electron chi connectivity index (χ1n) is 3.88. The van der Waals surface area contributed by atoms with Gasteiger partial charge in [-0.3, -0.25) is 0 Å². The first-order valence-corrected chi connectivity index (χ1v) is 4.26. The highest BCUT2D eigenvalue weighted by molar-refractivity contribution is 6.33. The molecule has 0 radical (unpaired) electrons. The fourth-order valence-electron chi connectivity index (χ4n) is 0.982. The van der Waals surface area contributed by atoms with Crippen LogP contribution in [0.2, 0.25) is 5.02 Å². The Morgan fingerprint density at radius 1 is 1.69 bits per heavy atom. The summed E-state index contributed by atoms with van der Waals surface area (Å²) in [5, 5.41) is 9.20. The van der Waals surface area contributed by atoms with E-state index in [2.05, 4.69) is 4.98 Å². The van der Waals surface area contributed by atoms with Gasteiger partial charge in [-0.05, 0) is 6.07 Å². The molecule has 0 aliphatic carbocycles. The summed E-state index contributed by atoms with van der Waals surface area (Å²) in [4.78, 5) is 5.82. The fraction of sp³-hybridized carbons (Fsp3) is 0.375. The molecule has 0 spiro atoms. The second kappa shape index (κ2) is 4.30. The van der Waals surface area contributed by atoms with Gasteiger partial charge in [0.1, 0.15) is 5.82 Å². The highest BCUT2D eigenvalue weighted by Crippen LogP contribution is 2.23. The van der Waals surface area contributed by atoms with E-state index in [1.807, 2.05) is 0 Å². The molecule has 0 aliphatic rings. The molecule has 4 nitrogen and oxygen atoms in total. The Morgan fingerprint density at radius 2 is 2.38 bits per heavy atom. The van der Waals surface area contributed by atoms with Gasteiger partial charge in [0.05, 0.1) is 23.5 Å². The molecule has 0 atom stereocenters. The fourth-order valence-corrected chi connectivity index (χ4v) is 1.30. The number of halogens is 1. The van der Waals surface area contributed by atoms with Gasteiger partial charge in [0, 0.05) is 13.6 Å². The van der Waals surface area contributed by atoms with Gasteiger partial charge in [-0.25, -0.2) is 4.98 Å². The van der Waals surface area contributed by atoms with Crippen LogP contribution >= 0.6 is 11.6 Å². The van der Waals surface area contributed by atoms with Crippen LogP contribution in [0.4, 0.5) is 11.5 Å². The van der Waals surface area contributed by atoms with Gasteiger partial charge in [-0.1, -0.05) is 11.6 Å². The molecule has 0 aromatic carbocycles. The SMILES string of the molecule is CN(CCO)c1ncc(N)cc1Cl. The number of likely N-dealkylation sites (N-methyl/N-ethyl adjacent to an activating group) is 1. The standard InChI is InChI=1S/C8H12ClN3O/c1-12(2-3-13)8-7(9)4-6(10)5-11-8/h4-5,13H,2-3,10H2,1H3. The molecule has 1 heterocycles. The number of hydrogen-bond donors (Lipinski definition) is 2. The Kier molecular flexibility index (Phi) is 3.33. The number of hydrogen-bond acceptors (Lipinski definition) is 4. The monoisotopic (exact) mass is 201 g/mol. The van der Waals surface area contributed by atoms with Crippen LogP contribution < -0.4 is 10.6 Å². The van der Waals surface area contributed by atoms with Gasteiger partial charge < -0.3 is 15.7 Å². The van der Waals surface area contributed by atoms with Crippen molar-refractivity contribution in [3.05, 3.63) is 17.3 Å². The minimum Gasteiger partial charge on any atom is -0.397 e. The van der Waals surface area contributed by atoms with Gasteiger partial charge in [-0.15, -0.1) is 0 Å². The molecular formula is C8H12ClN3O. The molecule has 72 valence electrons. The summed E-state index contributed by atoms with van der Waals surface area (Å²) in [5.41, 5.74) is 6.02. The predicted molar refractivity (Wildman–Crippen MR) is 54.0 cm³/mol. The van der Waals surface area contributed by atoms with Gasteiger partial charge in [0.15, 0.2) is 0 Å². The van der Waals surface area contributed by atoms with E-state index in [0.29, 0.717) is 23.1 Å². The van der Waals surface area contributed by atoms with E-state index in [1.54, 1.807) is 18.0 Å². The smallest absolute Gasteiger partial charge is 0.147 e. The average Bonchev–Trinajstić information content (AvgIpc) is 2.04. The number of pyridine rings is 1. The van der Waals surface area contributed by atoms with Crippen LogP contribution in [0.3, 0.4) is 0 Å². The second-order valence-corrected chi connectivity index (χ2v) is 3.13. The van der Waals surface area contributed by atoms with E-state index in [1.165, 1.54) is 6.20 Å². The second-order valence-electron chi connectivity index (χ2n) is 2.72. The van der Waals surface area contributed by atoms with Gasteiger partial charge in [-0.2, -0.15) is 0 Å². The zero-order valence-corrected chi connectivity index (χ0v) is 8.12. The van der Waals surface area contributed by atoms with Crippen molar-refractivity contribution >= 4 is 23.1 Å². The van der Waals surface area contributed by atoms with E-state index >= 15 is 0 Å². The maximum atomic E-state index is 8.71. The Bertz CT molecular complexity index is 293. The normalized spacial score (nSPS) is 10.1. The molecule has 0 amide bonds. The first kappa shape index (κ1) is 10.1. The van der Waals surface area contributed by atoms with E-state index in [-0.39, 0.29) is 6.61 Å². The van der Waals surface area contributed by atoms with Crippen LogP contribution in [-0.2, 0) is 0 Å². The van der Waals surface area contributed by atoms with Crippen LogP contribution in [0.25, 0.3) is 0 Å². The number of rotatable bonds is 3. The lowest BCUT2D eigenvalue weighted by Gasteiger charge is -2.17. The lowest BCUT2D eigenvalue weighted by molar-refractivity contribution is 0.304. The molecule has 0 aliphatic heterocycles. The van der Waals surface area contributed by atoms with E-state index in [9.17, 15) is 0 Å². The summed E-state index contributed by atoms with van der Waals surface area (Å²) < 4.78 is 0. The van der Waals surface area contributed by atoms with Crippen molar-refractivity contribution in [1.29, 1.82) is 0 Å². The molecule has 1 aromatic heterocycles. The van der Waals surface area contributed by atoms with Crippen LogP contribution in [0.1, 0.15) is 0 Å². The Labute approximate surface area is 81.9 Å². The van der Waals surface area contributed by atoms with Crippen molar-refractivity contribution in [2.75, 3.05) is 30.8 Å². The number of anilines is 2. The summed E-state index contributed by atoms with van der Waals surface area (Å²) in [6.07, 6.45) is 1.54. The zero-order chi connectivity index (χ0) is 9.84. The number of aromatic nitrogens is 1. The minimum absolute atomic E-state index is 0.0683. The lowest BCUT2D eigenvalue weighted by atomic mass is 10.4. The van der Waals surface area contributed by atoms with Crippen molar-refractivity contribution in [2.45, 2.75) is 0 Å². The van der Waals surface area contributed by atoms with E-state index in [0.717, 1.165) is 0 Å². The van der Waals surface area contributed by atoms with Crippen LogP contribution in [-0.4, -0.2) is 30.3 Å². The Morgan fingerprint density at radius 3 is 2.92 bits per heavy atom. The molecule has 13 heavy (non-hydrogen) atoms. The molecule has 1 rings (SSSR count). The highest BCUT2D eigenvalue weighted by atomic mass is 35.5. The number of aliphatic hydroxyl groups is 1. The summed E-state index contributed by atoms with van der Waals surface area (Å²) >= 11 is 5.89. The number of nitrogens with two attached hydrogens (primary N) is 1. The maximum absolute atomic E-state index is 8.71. The molecule has 3 N–H and O–H groups in total. The maximum Gasteiger partial charge on any atom is 0.147 e. The average molecular weight is 202 g/mol. The van der Waals surface area contributed by atoms with E-state index < -0.39 is 0 Å². The van der Waals surface area contributed by atoms with Gasteiger partial charge in [0.25, 0.3) is 0 Å². The molecule has 5 heteroatoms. The molecule has 0 bridgehead atoms. The molecule has 1 aromatic rings. The predicted octanol–water partition coefficient (Wildman–Crippen LogP) is 0.746. The summed E-state index contributed by atoms with van der Waals surface area (Å²) in [5.74, 6) is 0.630. The van der Waals surface area contributed by atoms with E-state index in [4.69, 9.17) is 22.4 Å². The molecule has 0 saturated heterocycles. The number of aliphatic hydroxyl groups excluding tert-OH is 1. The zero-order valence-electron chi connectivity index (χ0n) is 7.37.